The number of methoxy groups -OCH3 is 1. The summed E-state index contributed by atoms with van der Waals surface area (Å²) in [4.78, 5) is 36.5. The molecule has 1 aromatic rings. The smallest absolute Gasteiger partial charge is 0.418 e. The lowest BCUT2D eigenvalue weighted by Gasteiger charge is -2.29. The Bertz CT molecular complexity index is 863. The molecule has 2 N–H and O–H groups in total. The summed E-state index contributed by atoms with van der Waals surface area (Å²) in [5, 5.41) is 13.2. The Kier molecular flexibility index (Phi) is 3.89. The molecular weight excluding hydrogens is 364 g/mol. The highest BCUT2D eigenvalue weighted by molar-refractivity contribution is 7.80. The SMILES string of the molecule is COC(=O)[C@@H]1c2c(cnn2CC(=O)O)[C@@H]2CN1C(=O)N2OS(=O)(=O)O. The van der Waals surface area contributed by atoms with Gasteiger partial charge in [-0.25, -0.2) is 9.59 Å². The van der Waals surface area contributed by atoms with Crippen LogP contribution in [0, 0.1) is 0 Å². The lowest BCUT2D eigenvalue weighted by molar-refractivity contribution is -0.147. The van der Waals surface area contributed by atoms with E-state index in [1.54, 1.807) is 0 Å². The number of nitrogens with zero attached hydrogens (tertiary/aromatic N) is 4. The molecule has 25 heavy (non-hydrogen) atoms. The van der Waals surface area contributed by atoms with Gasteiger partial charge in [0.05, 0.1) is 25.5 Å². The largest absolute Gasteiger partial charge is 0.480 e. The first-order chi connectivity index (χ1) is 11.6. The maximum absolute atomic E-state index is 12.4. The Morgan fingerprint density at radius 1 is 1.44 bits per heavy atom. The first kappa shape index (κ1) is 17.1. The molecule has 2 bridgehead atoms. The molecule has 136 valence electrons. The molecule has 0 aliphatic carbocycles. The molecule has 1 aromatic heterocycles. The Morgan fingerprint density at radius 3 is 2.68 bits per heavy atom. The summed E-state index contributed by atoms with van der Waals surface area (Å²) >= 11 is 0. The molecule has 0 aromatic carbocycles. The number of fused-ring (bicyclic) bond motifs is 4. The van der Waals surface area contributed by atoms with E-state index in [2.05, 4.69) is 14.1 Å². The molecule has 0 unspecified atom stereocenters. The van der Waals surface area contributed by atoms with Crippen LogP contribution in [0.4, 0.5) is 4.79 Å². The molecule has 2 aliphatic heterocycles. The highest BCUT2D eigenvalue weighted by Gasteiger charge is 2.54. The second kappa shape index (κ2) is 5.68. The van der Waals surface area contributed by atoms with Crippen LogP contribution in [0.15, 0.2) is 6.20 Å². The number of rotatable bonds is 5. The summed E-state index contributed by atoms with van der Waals surface area (Å²) in [7, 11) is -3.91. The lowest BCUT2D eigenvalue weighted by Crippen LogP contribution is -2.40. The van der Waals surface area contributed by atoms with Crippen LogP contribution < -0.4 is 0 Å². The minimum Gasteiger partial charge on any atom is -0.480 e. The van der Waals surface area contributed by atoms with Gasteiger partial charge in [0.1, 0.15) is 12.6 Å². The zero-order valence-electron chi connectivity index (χ0n) is 12.6. The highest BCUT2D eigenvalue weighted by Crippen LogP contribution is 2.44. The van der Waals surface area contributed by atoms with Gasteiger partial charge < -0.3 is 14.7 Å². The second-order valence-corrected chi connectivity index (χ2v) is 6.25. The van der Waals surface area contributed by atoms with Gasteiger partial charge in [-0.3, -0.25) is 14.0 Å². The van der Waals surface area contributed by atoms with Crippen molar-refractivity contribution in [1.29, 1.82) is 0 Å². The van der Waals surface area contributed by atoms with Crippen LogP contribution in [0.5, 0.6) is 0 Å². The van der Waals surface area contributed by atoms with E-state index in [1.807, 2.05) is 0 Å². The van der Waals surface area contributed by atoms with Gasteiger partial charge in [-0.05, 0) is 0 Å². The van der Waals surface area contributed by atoms with Crippen molar-refractivity contribution < 1.29 is 41.5 Å². The van der Waals surface area contributed by atoms with Gasteiger partial charge in [0.25, 0.3) is 0 Å². The molecule has 0 radical (unpaired) electrons. The number of hydroxylamine groups is 2. The average Bonchev–Trinajstić information content (AvgIpc) is 3.02. The Labute approximate surface area is 140 Å². The van der Waals surface area contributed by atoms with Crippen molar-refractivity contribution in [2.45, 2.75) is 18.6 Å². The van der Waals surface area contributed by atoms with Gasteiger partial charge in [-0.2, -0.15) is 18.6 Å². The summed E-state index contributed by atoms with van der Waals surface area (Å²) in [5.41, 5.74) is 0.280. The predicted molar refractivity (Wildman–Crippen MR) is 73.9 cm³/mol. The van der Waals surface area contributed by atoms with Crippen molar-refractivity contribution in [3.8, 4) is 0 Å². The summed E-state index contributed by atoms with van der Waals surface area (Å²) in [5.74, 6) is -2.10. The van der Waals surface area contributed by atoms with E-state index in [1.165, 1.54) is 6.20 Å². The fraction of sp³-hybridized carbons (Fsp3) is 0.455. The summed E-state index contributed by atoms with van der Waals surface area (Å²) in [6.07, 6.45) is 1.20. The first-order valence-electron chi connectivity index (χ1n) is 6.76. The minimum atomic E-state index is -5.00. The number of urea groups is 1. The number of hydrogen-bond acceptors (Lipinski definition) is 8. The first-order valence-corrected chi connectivity index (χ1v) is 8.12. The van der Waals surface area contributed by atoms with Crippen molar-refractivity contribution in [2.75, 3.05) is 13.7 Å². The third-order valence-electron chi connectivity index (χ3n) is 3.81. The van der Waals surface area contributed by atoms with E-state index in [9.17, 15) is 22.8 Å². The molecule has 3 rings (SSSR count). The van der Waals surface area contributed by atoms with Crippen LogP contribution in [0.25, 0.3) is 0 Å². The van der Waals surface area contributed by atoms with Gasteiger partial charge >= 0.3 is 28.4 Å². The number of carbonyl (C=O) groups excluding carboxylic acids is 2. The van der Waals surface area contributed by atoms with E-state index >= 15 is 0 Å². The molecule has 3 heterocycles. The standard InChI is InChI=1S/C11H12N4O9S/c1-23-10(18)9-8-5(2-12-14(8)4-7(16)17)6-3-13(9)11(19)15(6)24-25(20,21)22/h2,6,9H,3-4H2,1H3,(H,16,17)(H,20,21,22)/t6-,9-/m0/s1. The van der Waals surface area contributed by atoms with Crippen LogP contribution in [0.1, 0.15) is 23.3 Å². The number of carboxylic acid groups (broad SMARTS) is 1. The molecule has 1 saturated heterocycles. The van der Waals surface area contributed by atoms with E-state index < -0.39 is 47.0 Å². The molecule has 14 heteroatoms. The van der Waals surface area contributed by atoms with E-state index in [0.717, 1.165) is 16.7 Å². The number of hydrogen-bond donors (Lipinski definition) is 2. The Morgan fingerprint density at radius 2 is 2.12 bits per heavy atom. The Hall–Kier alpha value is -2.71. The van der Waals surface area contributed by atoms with Crippen molar-refractivity contribution >= 4 is 28.4 Å². The zero-order valence-corrected chi connectivity index (χ0v) is 13.4. The van der Waals surface area contributed by atoms with Gasteiger partial charge in [-0.15, -0.1) is 4.28 Å². The number of carboxylic acids is 1. The second-order valence-electron chi connectivity index (χ2n) is 5.24. The van der Waals surface area contributed by atoms with Crippen molar-refractivity contribution in [2.24, 2.45) is 0 Å². The quantitative estimate of drug-likeness (QED) is 0.465. The van der Waals surface area contributed by atoms with Crippen LogP contribution >= 0.6 is 0 Å². The third-order valence-corrected chi connectivity index (χ3v) is 4.16. The molecule has 0 saturated carbocycles. The minimum absolute atomic E-state index is 0.0697. The molecule has 2 aliphatic rings. The topological polar surface area (TPSA) is 169 Å². The average molecular weight is 376 g/mol. The molecular formula is C11H12N4O9S. The Balaban J connectivity index is 2.12. The van der Waals surface area contributed by atoms with Gasteiger partial charge in [0.15, 0.2) is 6.04 Å². The third kappa shape index (κ3) is 2.79. The lowest BCUT2D eigenvalue weighted by atomic mass is 9.98. The van der Waals surface area contributed by atoms with Crippen LogP contribution in [-0.4, -0.2) is 69.4 Å². The predicted octanol–water partition coefficient (Wildman–Crippen LogP) is -1.29. The fourth-order valence-electron chi connectivity index (χ4n) is 2.94. The number of carbonyl (C=O) groups is 3. The zero-order chi connectivity index (χ0) is 18.5. The molecule has 2 atom stereocenters. The van der Waals surface area contributed by atoms with Gasteiger partial charge in [0, 0.05) is 5.56 Å². The van der Waals surface area contributed by atoms with E-state index in [4.69, 9.17) is 9.66 Å². The number of aliphatic carboxylic acids is 1. The maximum Gasteiger partial charge on any atom is 0.418 e. The van der Waals surface area contributed by atoms with Crippen molar-refractivity contribution in [3.63, 3.8) is 0 Å². The van der Waals surface area contributed by atoms with E-state index in [-0.39, 0.29) is 17.8 Å². The normalized spacial score (nSPS) is 22.1. The molecule has 1 fully saturated rings. The van der Waals surface area contributed by atoms with Crippen molar-refractivity contribution in [3.05, 3.63) is 17.5 Å². The van der Waals surface area contributed by atoms with Gasteiger partial charge in [-0.1, -0.05) is 0 Å². The number of ether oxygens (including phenoxy) is 1. The van der Waals surface area contributed by atoms with Crippen LogP contribution in [0.3, 0.4) is 0 Å². The van der Waals surface area contributed by atoms with E-state index in [0.29, 0.717) is 5.06 Å². The maximum atomic E-state index is 12.4. The van der Waals surface area contributed by atoms with Crippen molar-refractivity contribution in [1.82, 2.24) is 19.7 Å². The summed E-state index contributed by atoms with van der Waals surface area (Å²) in [6.45, 7) is -0.726. The monoisotopic (exact) mass is 376 g/mol. The van der Waals surface area contributed by atoms with Crippen LogP contribution in [0.2, 0.25) is 0 Å². The summed E-state index contributed by atoms with van der Waals surface area (Å²) < 4.78 is 40.8. The number of amides is 2. The highest BCUT2D eigenvalue weighted by atomic mass is 32.3. The fourth-order valence-corrected chi connectivity index (χ4v) is 3.31. The molecule has 13 nitrogen and oxygen atoms in total. The summed E-state index contributed by atoms with van der Waals surface area (Å²) in [6, 6.07) is -3.34. The van der Waals surface area contributed by atoms with Gasteiger partial charge in [0.2, 0.25) is 0 Å². The number of esters is 1. The number of aromatic nitrogens is 2. The molecule has 2 amide bonds. The van der Waals surface area contributed by atoms with Crippen LogP contribution in [-0.2, 0) is 35.6 Å². The molecule has 0 spiro atoms.